The molecular weight excluding hydrogens is 386 g/mol. The molecule has 1 atom stereocenters. The molecule has 154 valence electrons. The number of H-pyrrole nitrogens is 1. The average molecular weight is 408 g/mol. The molecule has 30 heavy (non-hydrogen) atoms. The summed E-state index contributed by atoms with van der Waals surface area (Å²) in [5.41, 5.74) is 3.17. The second-order valence-electron chi connectivity index (χ2n) is 8.22. The van der Waals surface area contributed by atoms with Crippen LogP contribution in [0.1, 0.15) is 41.3 Å². The van der Waals surface area contributed by atoms with Gasteiger partial charge in [-0.2, -0.15) is 0 Å². The van der Waals surface area contributed by atoms with E-state index in [4.69, 9.17) is 5.11 Å². The lowest BCUT2D eigenvalue weighted by Crippen LogP contribution is -2.38. The number of halogens is 2. The van der Waals surface area contributed by atoms with Crippen LogP contribution in [0.15, 0.2) is 42.5 Å². The number of benzene rings is 2. The number of para-hydroxylation sites is 1. The number of hydrogen-bond donors (Lipinski definition) is 2. The Morgan fingerprint density at radius 2 is 1.93 bits per heavy atom. The minimum atomic E-state index is -1.16. The summed E-state index contributed by atoms with van der Waals surface area (Å²) in [4.78, 5) is 16.4. The lowest BCUT2D eigenvalue weighted by atomic mass is 9.90. The smallest absolute Gasteiger partial charge is 0.328 e. The van der Waals surface area contributed by atoms with Crippen LogP contribution in [0.3, 0.4) is 0 Å². The molecule has 4 nitrogen and oxygen atoms in total. The molecule has 2 heterocycles. The van der Waals surface area contributed by atoms with Gasteiger partial charge in [0.2, 0.25) is 0 Å². The zero-order chi connectivity index (χ0) is 20.8. The fraction of sp³-hybridized carbons (Fsp3) is 0.292. The van der Waals surface area contributed by atoms with Crippen LogP contribution in [0, 0.1) is 17.6 Å². The van der Waals surface area contributed by atoms with E-state index in [1.807, 2.05) is 24.3 Å². The summed E-state index contributed by atoms with van der Waals surface area (Å²) in [6.07, 6.45) is 5.24. The molecule has 0 saturated heterocycles. The molecule has 0 bridgehead atoms. The van der Waals surface area contributed by atoms with Crippen molar-refractivity contribution in [2.75, 3.05) is 13.1 Å². The third kappa shape index (κ3) is 3.41. The van der Waals surface area contributed by atoms with Crippen molar-refractivity contribution in [3.8, 4) is 0 Å². The summed E-state index contributed by atoms with van der Waals surface area (Å²) in [5.74, 6) is -1.89. The molecule has 3 aromatic rings. The number of nitrogens with zero attached hydrogens (tertiary/aromatic N) is 1. The quantitative estimate of drug-likeness (QED) is 0.591. The molecule has 1 aliphatic heterocycles. The summed E-state index contributed by atoms with van der Waals surface area (Å²) >= 11 is 0. The van der Waals surface area contributed by atoms with Crippen LogP contribution in [0.4, 0.5) is 8.78 Å². The topological polar surface area (TPSA) is 56.3 Å². The minimum absolute atomic E-state index is 0.0237. The van der Waals surface area contributed by atoms with Crippen molar-refractivity contribution in [2.45, 2.75) is 25.3 Å². The van der Waals surface area contributed by atoms with Gasteiger partial charge in [0.25, 0.3) is 0 Å². The highest BCUT2D eigenvalue weighted by Crippen LogP contribution is 2.42. The van der Waals surface area contributed by atoms with Gasteiger partial charge in [0.1, 0.15) is 11.6 Å². The number of carboxylic acid groups (broad SMARTS) is 1. The highest BCUT2D eigenvalue weighted by atomic mass is 19.1. The number of aliphatic carboxylic acids is 1. The molecule has 6 heteroatoms. The molecule has 1 aliphatic carbocycles. The standard InChI is InChI=1S/C24H22F2N2O2/c25-18-11-15(7-8-21(29)30)12-19(26)22(18)24-23-17(9-10-28(24)13-14-5-6-14)16-3-1-2-4-20(16)27-23/h1-4,7-8,11-12,14,24,27H,5-6,9-10,13H2,(H,29,30)/b8-7+. The number of fused-ring (bicyclic) bond motifs is 3. The van der Waals surface area contributed by atoms with E-state index >= 15 is 8.78 Å². The van der Waals surface area contributed by atoms with Crippen molar-refractivity contribution < 1.29 is 18.7 Å². The molecule has 1 fully saturated rings. The molecule has 1 saturated carbocycles. The highest BCUT2D eigenvalue weighted by molar-refractivity contribution is 5.86. The average Bonchev–Trinajstić information content (AvgIpc) is 3.44. The van der Waals surface area contributed by atoms with Crippen LogP contribution in [0.2, 0.25) is 0 Å². The zero-order valence-corrected chi connectivity index (χ0v) is 16.4. The van der Waals surface area contributed by atoms with Gasteiger partial charge in [0.15, 0.2) is 0 Å². The second-order valence-corrected chi connectivity index (χ2v) is 8.22. The Morgan fingerprint density at radius 1 is 1.20 bits per heavy atom. The molecule has 1 aromatic heterocycles. The van der Waals surface area contributed by atoms with Crippen molar-refractivity contribution in [3.63, 3.8) is 0 Å². The summed E-state index contributed by atoms with van der Waals surface area (Å²) in [6, 6.07) is 9.86. The Kier molecular flexibility index (Phi) is 4.66. The summed E-state index contributed by atoms with van der Waals surface area (Å²) in [6.45, 7) is 1.56. The van der Waals surface area contributed by atoms with Crippen LogP contribution < -0.4 is 0 Å². The molecule has 2 N–H and O–H groups in total. The largest absolute Gasteiger partial charge is 0.478 e. The van der Waals surface area contributed by atoms with Crippen LogP contribution in [-0.2, 0) is 11.2 Å². The summed E-state index contributed by atoms with van der Waals surface area (Å²) in [5, 5.41) is 9.89. The normalized spacial score (nSPS) is 19.5. The van der Waals surface area contributed by atoms with Gasteiger partial charge in [0, 0.05) is 41.3 Å². The van der Waals surface area contributed by atoms with Crippen molar-refractivity contribution in [1.29, 1.82) is 0 Å². The number of carbonyl (C=O) groups is 1. The first-order valence-electron chi connectivity index (χ1n) is 10.2. The first-order chi connectivity index (χ1) is 14.5. The van der Waals surface area contributed by atoms with E-state index < -0.39 is 23.6 Å². The maximum absolute atomic E-state index is 15.2. The van der Waals surface area contributed by atoms with E-state index in [1.54, 1.807) is 0 Å². The zero-order valence-electron chi connectivity index (χ0n) is 16.4. The van der Waals surface area contributed by atoms with E-state index in [2.05, 4.69) is 9.88 Å². The number of hydrogen-bond acceptors (Lipinski definition) is 2. The predicted octanol–water partition coefficient (Wildman–Crippen LogP) is 4.90. The van der Waals surface area contributed by atoms with E-state index in [1.165, 1.54) is 18.2 Å². The number of rotatable bonds is 5. The van der Waals surface area contributed by atoms with Crippen LogP contribution in [-0.4, -0.2) is 34.0 Å². The Morgan fingerprint density at radius 3 is 2.63 bits per heavy atom. The monoisotopic (exact) mass is 408 g/mol. The molecule has 1 unspecified atom stereocenters. The van der Waals surface area contributed by atoms with Gasteiger partial charge in [0.05, 0.1) is 6.04 Å². The number of nitrogens with one attached hydrogen (secondary N) is 1. The first kappa shape index (κ1) is 19.0. The lowest BCUT2D eigenvalue weighted by molar-refractivity contribution is -0.131. The van der Waals surface area contributed by atoms with E-state index in [9.17, 15) is 4.79 Å². The minimum Gasteiger partial charge on any atom is -0.478 e. The van der Waals surface area contributed by atoms with Crippen LogP contribution in [0.25, 0.3) is 17.0 Å². The predicted molar refractivity (Wildman–Crippen MR) is 111 cm³/mol. The maximum Gasteiger partial charge on any atom is 0.328 e. The number of aromatic amines is 1. The highest BCUT2D eigenvalue weighted by Gasteiger charge is 2.37. The lowest BCUT2D eigenvalue weighted by Gasteiger charge is -2.36. The molecular formula is C24H22F2N2O2. The second kappa shape index (κ2) is 7.36. The SMILES string of the molecule is O=C(O)/C=C/c1cc(F)c(C2c3[nH]c4ccccc4c3CCN2CC2CC2)c(F)c1. The van der Waals surface area contributed by atoms with Crippen molar-refractivity contribution in [3.05, 3.63) is 76.5 Å². The summed E-state index contributed by atoms with van der Waals surface area (Å²) in [7, 11) is 0. The van der Waals surface area contributed by atoms with Crippen LogP contribution >= 0.6 is 0 Å². The fourth-order valence-corrected chi connectivity index (χ4v) is 4.58. The van der Waals surface area contributed by atoms with Gasteiger partial charge in [-0.3, -0.25) is 4.90 Å². The molecule has 2 aromatic carbocycles. The van der Waals surface area contributed by atoms with Gasteiger partial charge < -0.3 is 10.1 Å². The first-order valence-corrected chi connectivity index (χ1v) is 10.2. The maximum atomic E-state index is 15.2. The summed E-state index contributed by atoms with van der Waals surface area (Å²) < 4.78 is 30.5. The van der Waals surface area contributed by atoms with Crippen molar-refractivity contribution in [1.82, 2.24) is 9.88 Å². The number of carboxylic acids is 1. The fourth-order valence-electron chi connectivity index (χ4n) is 4.58. The Balaban J connectivity index is 1.64. The molecule has 0 radical (unpaired) electrons. The van der Waals surface area contributed by atoms with E-state index in [0.717, 1.165) is 60.6 Å². The molecule has 5 rings (SSSR count). The molecule has 0 spiro atoms. The van der Waals surface area contributed by atoms with E-state index in [0.29, 0.717) is 5.92 Å². The molecule has 0 amide bonds. The number of aromatic nitrogens is 1. The Hall–Kier alpha value is -2.99. The van der Waals surface area contributed by atoms with Gasteiger partial charge in [-0.1, -0.05) is 18.2 Å². The molecule has 2 aliphatic rings. The van der Waals surface area contributed by atoms with Crippen molar-refractivity contribution in [2.24, 2.45) is 5.92 Å². The van der Waals surface area contributed by atoms with Gasteiger partial charge in [-0.05, 0) is 60.6 Å². The van der Waals surface area contributed by atoms with E-state index in [-0.39, 0.29) is 11.1 Å². The third-order valence-electron chi connectivity index (χ3n) is 6.12. The van der Waals surface area contributed by atoms with Gasteiger partial charge in [-0.15, -0.1) is 0 Å². The van der Waals surface area contributed by atoms with Gasteiger partial charge in [-0.25, -0.2) is 13.6 Å². The van der Waals surface area contributed by atoms with Crippen LogP contribution in [0.5, 0.6) is 0 Å². The van der Waals surface area contributed by atoms with Crippen molar-refractivity contribution >= 4 is 22.9 Å². The Labute approximate surface area is 172 Å². The third-order valence-corrected chi connectivity index (χ3v) is 6.12. The Bertz CT molecular complexity index is 1140. The van der Waals surface area contributed by atoms with Gasteiger partial charge >= 0.3 is 5.97 Å².